The van der Waals surface area contributed by atoms with Crippen molar-refractivity contribution in [2.24, 2.45) is 0 Å². The van der Waals surface area contributed by atoms with Crippen LogP contribution in [0.4, 0.5) is 0 Å². The van der Waals surface area contributed by atoms with Gasteiger partial charge in [-0.25, -0.2) is 4.98 Å². The van der Waals surface area contributed by atoms with Crippen LogP contribution in [0, 0.1) is 0 Å². The molecule has 2 aliphatic rings. The smallest absolute Gasteiger partial charge is 0.238 e. The van der Waals surface area contributed by atoms with Crippen LogP contribution in [0.25, 0.3) is 77.4 Å². The maximum atomic E-state index is 5.40. The maximum Gasteiger partial charge on any atom is 0.238 e. The fourth-order valence-corrected chi connectivity index (χ4v) is 9.18. The molecule has 0 radical (unpaired) electrons. The Labute approximate surface area is 343 Å². The predicted octanol–water partition coefficient (Wildman–Crippen LogP) is 13.9. The van der Waals surface area contributed by atoms with Gasteiger partial charge in [0.25, 0.3) is 0 Å². The Bertz CT molecular complexity index is 3300. The minimum Gasteiger partial charge on any atom is -0.278 e. The van der Waals surface area contributed by atoms with Crippen LogP contribution in [0.3, 0.4) is 0 Å². The Morgan fingerprint density at radius 3 is 2.02 bits per heavy atom. The zero-order chi connectivity index (χ0) is 39.5. The Balaban J connectivity index is 1.23. The third-order valence-corrected chi connectivity index (χ3v) is 12.0. The zero-order valence-corrected chi connectivity index (χ0v) is 32.9. The van der Waals surface area contributed by atoms with E-state index in [1.54, 1.807) is 0 Å². The van der Waals surface area contributed by atoms with Crippen LogP contribution in [0.15, 0.2) is 194 Å². The maximum absolute atomic E-state index is 5.40. The minimum atomic E-state index is 0.596. The standard InChI is InChI=1S/C55H40N4/c1-3-36(28-29-37-17-11-10-16-35(37)2)53-56-54(43-31-30-38-18-12-13-23-42(38)34-43)58-55(57-53)59-46-27-15-26-45-49(40-21-8-5-9-22-40)48(39-19-6-4-7-20-39)44-25-14-24-41-32-33-47(59)52(50(41)44)51(45)46/h4-10,12-16,18-34H,2-3,11,17H2,1H3/b36-28+,37-29-. The lowest BCUT2D eigenvalue weighted by Gasteiger charge is -2.19. The third-order valence-electron chi connectivity index (χ3n) is 12.0. The first-order valence-corrected chi connectivity index (χ1v) is 20.5. The second kappa shape index (κ2) is 14.2. The van der Waals surface area contributed by atoms with Crippen molar-refractivity contribution in [1.29, 1.82) is 0 Å². The molecular weight excluding hydrogens is 717 g/mol. The Morgan fingerprint density at radius 2 is 1.27 bits per heavy atom. The zero-order valence-electron chi connectivity index (χ0n) is 32.9. The van der Waals surface area contributed by atoms with Gasteiger partial charge in [0.05, 0.1) is 11.0 Å². The lowest BCUT2D eigenvalue weighted by molar-refractivity contribution is 0.923. The van der Waals surface area contributed by atoms with Gasteiger partial charge >= 0.3 is 0 Å². The van der Waals surface area contributed by atoms with Crippen LogP contribution >= 0.6 is 0 Å². The molecule has 11 rings (SSSR count). The van der Waals surface area contributed by atoms with E-state index in [1.165, 1.54) is 65.9 Å². The third kappa shape index (κ3) is 5.79. The van der Waals surface area contributed by atoms with Crippen LogP contribution in [-0.2, 0) is 0 Å². The van der Waals surface area contributed by atoms with E-state index in [1.807, 2.05) is 0 Å². The Hall–Kier alpha value is -7.43. The molecule has 2 aliphatic carbocycles. The van der Waals surface area contributed by atoms with Crippen molar-refractivity contribution in [3.05, 3.63) is 222 Å². The summed E-state index contributed by atoms with van der Waals surface area (Å²) in [4.78, 5) is 16.0. The molecule has 7 aromatic carbocycles. The van der Waals surface area contributed by atoms with Gasteiger partial charge in [0.15, 0.2) is 11.6 Å². The van der Waals surface area contributed by atoms with Crippen molar-refractivity contribution in [3.63, 3.8) is 0 Å². The molecule has 0 saturated carbocycles. The van der Waals surface area contributed by atoms with Crippen LogP contribution < -0.4 is 0 Å². The average Bonchev–Trinajstić information content (AvgIpc) is 3.57. The first-order chi connectivity index (χ1) is 29.1. The van der Waals surface area contributed by atoms with E-state index in [0.29, 0.717) is 17.6 Å². The summed E-state index contributed by atoms with van der Waals surface area (Å²) in [6.07, 6.45) is 11.5. The molecule has 0 unspecified atom stereocenters. The van der Waals surface area contributed by atoms with Gasteiger partial charge in [-0.15, -0.1) is 0 Å². The summed E-state index contributed by atoms with van der Waals surface area (Å²) in [6.45, 7) is 6.48. The summed E-state index contributed by atoms with van der Waals surface area (Å²) in [7, 11) is 0. The van der Waals surface area contributed by atoms with Crippen LogP contribution in [0.1, 0.15) is 54.3 Å². The first-order valence-electron chi connectivity index (χ1n) is 20.5. The van der Waals surface area contributed by atoms with E-state index in [-0.39, 0.29) is 0 Å². The summed E-state index contributed by atoms with van der Waals surface area (Å²) in [5, 5.41) is 7.15. The van der Waals surface area contributed by atoms with E-state index in [9.17, 15) is 0 Å². The Kier molecular flexibility index (Phi) is 8.37. The molecule has 59 heavy (non-hydrogen) atoms. The van der Waals surface area contributed by atoms with Crippen molar-refractivity contribution in [2.75, 3.05) is 0 Å². The van der Waals surface area contributed by atoms with Crippen molar-refractivity contribution in [3.8, 4) is 17.3 Å². The van der Waals surface area contributed by atoms with Gasteiger partial charge in [-0.2, -0.15) is 9.97 Å². The van der Waals surface area contributed by atoms with Gasteiger partial charge in [-0.1, -0.05) is 171 Å². The van der Waals surface area contributed by atoms with Gasteiger partial charge in [0.1, 0.15) is 0 Å². The topological polar surface area (TPSA) is 43.6 Å². The normalized spacial score (nSPS) is 14.8. The highest BCUT2D eigenvalue weighted by molar-refractivity contribution is 6.31. The SMILES string of the molecule is C=C1C=CCC/C1=C/C=C(\CC)c1nc(-c2ccc3ccccc3c2)nc(-n2c3cccc4c3c3c5c(cccc5ccc32)C(c2ccccc2)=C4c2ccccc2)n1. The predicted molar refractivity (Wildman–Crippen MR) is 246 cm³/mol. The number of rotatable bonds is 7. The number of benzene rings is 7. The average molecular weight is 757 g/mol. The molecule has 280 valence electrons. The van der Waals surface area contributed by atoms with Crippen molar-refractivity contribution in [1.82, 2.24) is 19.5 Å². The second-order valence-corrected chi connectivity index (χ2v) is 15.4. The number of fused-ring (bicyclic) bond motifs is 1. The number of nitrogens with zero attached hydrogens (tertiary/aromatic N) is 4. The highest BCUT2D eigenvalue weighted by Crippen LogP contribution is 2.49. The molecular formula is C55H40N4. The molecule has 0 N–H and O–H groups in total. The van der Waals surface area contributed by atoms with Crippen molar-refractivity contribution in [2.45, 2.75) is 26.2 Å². The van der Waals surface area contributed by atoms with Crippen LogP contribution in [0.5, 0.6) is 0 Å². The highest BCUT2D eigenvalue weighted by atomic mass is 15.2. The second-order valence-electron chi connectivity index (χ2n) is 15.4. The van der Waals surface area contributed by atoms with Gasteiger partial charge in [0, 0.05) is 16.3 Å². The Morgan fingerprint density at radius 1 is 0.610 bits per heavy atom. The summed E-state index contributed by atoms with van der Waals surface area (Å²) < 4.78 is 2.27. The van der Waals surface area contributed by atoms with E-state index in [4.69, 9.17) is 15.0 Å². The van der Waals surface area contributed by atoms with E-state index in [2.05, 4.69) is 194 Å². The lowest BCUT2D eigenvalue weighted by Crippen LogP contribution is -2.08. The quantitative estimate of drug-likeness (QED) is 0.163. The monoisotopic (exact) mass is 756 g/mol. The summed E-state index contributed by atoms with van der Waals surface area (Å²) in [6, 6.07) is 54.6. The lowest BCUT2D eigenvalue weighted by atomic mass is 9.85. The molecule has 0 atom stereocenters. The molecule has 0 spiro atoms. The van der Waals surface area contributed by atoms with Crippen molar-refractivity contribution >= 4 is 60.1 Å². The largest absolute Gasteiger partial charge is 0.278 e. The fourth-order valence-electron chi connectivity index (χ4n) is 9.18. The molecule has 0 saturated heterocycles. The van der Waals surface area contributed by atoms with Crippen molar-refractivity contribution < 1.29 is 0 Å². The van der Waals surface area contributed by atoms with Gasteiger partial charge < -0.3 is 0 Å². The number of allylic oxidation sites excluding steroid dienone is 7. The molecule has 0 aliphatic heterocycles. The minimum absolute atomic E-state index is 0.596. The molecule has 0 bridgehead atoms. The van der Waals surface area contributed by atoms with Gasteiger partial charge in [-0.3, -0.25) is 4.57 Å². The van der Waals surface area contributed by atoms with E-state index < -0.39 is 0 Å². The first kappa shape index (κ1) is 34.8. The fraction of sp³-hybridized carbons (Fsp3) is 0.0727. The van der Waals surface area contributed by atoms with Crippen LogP contribution in [-0.4, -0.2) is 19.5 Å². The summed E-state index contributed by atoms with van der Waals surface area (Å²) >= 11 is 0. The molecule has 4 nitrogen and oxygen atoms in total. The van der Waals surface area contributed by atoms with E-state index in [0.717, 1.165) is 52.4 Å². The summed E-state index contributed by atoms with van der Waals surface area (Å²) in [5.74, 6) is 1.91. The molecule has 2 aromatic heterocycles. The number of hydrogen-bond acceptors (Lipinski definition) is 3. The molecule has 0 amide bonds. The van der Waals surface area contributed by atoms with E-state index >= 15 is 0 Å². The molecule has 0 fully saturated rings. The van der Waals surface area contributed by atoms with Crippen LogP contribution in [0.2, 0.25) is 0 Å². The molecule has 9 aromatic rings. The molecule has 2 heterocycles. The molecule has 4 heteroatoms. The number of hydrogen-bond donors (Lipinski definition) is 0. The van der Waals surface area contributed by atoms with Gasteiger partial charge in [0.2, 0.25) is 5.95 Å². The summed E-state index contributed by atoms with van der Waals surface area (Å²) in [5.41, 5.74) is 13.6. The number of aromatic nitrogens is 4. The highest BCUT2D eigenvalue weighted by Gasteiger charge is 2.28. The van der Waals surface area contributed by atoms with Gasteiger partial charge in [-0.05, 0) is 109 Å².